The highest BCUT2D eigenvalue weighted by Gasteiger charge is 2.23. The number of nitrogens with zero attached hydrogens (tertiary/aromatic N) is 3. The van der Waals surface area contributed by atoms with Gasteiger partial charge in [-0.15, -0.1) is 10.2 Å². The molecule has 1 fully saturated rings. The number of imide groups is 1. The van der Waals surface area contributed by atoms with Crippen LogP contribution in [0.4, 0.5) is 4.79 Å². The van der Waals surface area contributed by atoms with Gasteiger partial charge in [-0.2, -0.15) is 0 Å². The fourth-order valence-corrected chi connectivity index (χ4v) is 3.46. The van der Waals surface area contributed by atoms with Crippen LogP contribution < -0.4 is 10.6 Å². The van der Waals surface area contributed by atoms with E-state index in [0.29, 0.717) is 17.4 Å². The summed E-state index contributed by atoms with van der Waals surface area (Å²) < 4.78 is 5.48. The molecule has 2 aromatic heterocycles. The second-order valence-corrected chi connectivity index (χ2v) is 7.22. The molecule has 0 radical (unpaired) electrons. The maximum absolute atomic E-state index is 12.0. The topological polar surface area (TPSA) is 110 Å². The standard InChI is InChI=1S/C17H21N5O3S/c1-11-5-2-3-7-13(11)19-16(24)20-14(23)10-26-17-22-21-15(25-17)12-6-4-8-18-9-12/h4,6,8-9,11,13H,2-3,5,7,10H2,1H3,(H2,19,20,23,24)/t11-,13-/m0/s1. The van der Waals surface area contributed by atoms with Crippen LogP contribution in [0, 0.1) is 5.92 Å². The van der Waals surface area contributed by atoms with Crippen LogP contribution in [0.25, 0.3) is 11.5 Å². The van der Waals surface area contributed by atoms with Gasteiger partial charge in [-0.1, -0.05) is 31.5 Å². The Kier molecular flexibility index (Phi) is 6.21. The molecule has 2 aromatic rings. The Hall–Kier alpha value is -2.42. The van der Waals surface area contributed by atoms with Gasteiger partial charge in [0.05, 0.1) is 11.3 Å². The summed E-state index contributed by atoms with van der Waals surface area (Å²) in [6.45, 7) is 2.12. The van der Waals surface area contributed by atoms with Crippen LogP contribution in [0.2, 0.25) is 0 Å². The van der Waals surface area contributed by atoms with Crippen LogP contribution in [-0.2, 0) is 4.79 Å². The van der Waals surface area contributed by atoms with E-state index in [2.05, 4.69) is 32.7 Å². The third-order valence-electron chi connectivity index (χ3n) is 4.32. The van der Waals surface area contributed by atoms with E-state index in [9.17, 15) is 9.59 Å². The lowest BCUT2D eigenvalue weighted by Crippen LogP contribution is -2.48. The first-order chi connectivity index (χ1) is 12.6. The summed E-state index contributed by atoms with van der Waals surface area (Å²) >= 11 is 1.08. The molecule has 2 N–H and O–H groups in total. The molecule has 8 nitrogen and oxygen atoms in total. The van der Waals surface area contributed by atoms with Gasteiger partial charge in [-0.3, -0.25) is 15.1 Å². The Morgan fingerprint density at radius 3 is 2.92 bits per heavy atom. The Morgan fingerprint density at radius 2 is 2.15 bits per heavy atom. The molecule has 9 heteroatoms. The van der Waals surface area contributed by atoms with Crippen molar-refractivity contribution in [1.29, 1.82) is 0 Å². The quantitative estimate of drug-likeness (QED) is 0.773. The molecular formula is C17H21N5O3S. The highest BCUT2D eigenvalue weighted by molar-refractivity contribution is 7.99. The molecule has 26 heavy (non-hydrogen) atoms. The normalized spacial score (nSPS) is 19.7. The number of rotatable bonds is 5. The van der Waals surface area contributed by atoms with Crippen LogP contribution in [0.3, 0.4) is 0 Å². The highest BCUT2D eigenvalue weighted by Crippen LogP contribution is 2.24. The molecular weight excluding hydrogens is 354 g/mol. The second-order valence-electron chi connectivity index (χ2n) is 6.29. The summed E-state index contributed by atoms with van der Waals surface area (Å²) in [5.74, 6) is 0.382. The number of hydrogen-bond acceptors (Lipinski definition) is 7. The number of pyridine rings is 1. The highest BCUT2D eigenvalue weighted by atomic mass is 32.2. The lowest BCUT2D eigenvalue weighted by atomic mass is 9.86. The summed E-state index contributed by atoms with van der Waals surface area (Å²) in [6.07, 6.45) is 7.63. The maximum Gasteiger partial charge on any atom is 0.321 e. The first kappa shape index (κ1) is 18.4. The third-order valence-corrected chi connectivity index (χ3v) is 5.14. The van der Waals surface area contributed by atoms with Crippen molar-refractivity contribution >= 4 is 23.7 Å². The van der Waals surface area contributed by atoms with E-state index in [1.165, 1.54) is 6.42 Å². The van der Waals surface area contributed by atoms with Gasteiger partial charge in [0, 0.05) is 18.4 Å². The first-order valence-corrected chi connectivity index (χ1v) is 9.57. The predicted molar refractivity (Wildman–Crippen MR) is 96.3 cm³/mol. The molecule has 1 aliphatic rings. The number of hydrogen-bond donors (Lipinski definition) is 2. The van der Waals surface area contributed by atoms with E-state index in [1.54, 1.807) is 24.5 Å². The maximum atomic E-state index is 12.0. The van der Waals surface area contributed by atoms with Crippen LogP contribution in [0.15, 0.2) is 34.2 Å². The number of aromatic nitrogens is 3. The molecule has 3 rings (SSSR count). The predicted octanol–water partition coefficient (Wildman–Crippen LogP) is 2.63. The summed E-state index contributed by atoms with van der Waals surface area (Å²) in [6, 6.07) is 3.25. The molecule has 0 aliphatic heterocycles. The average molecular weight is 375 g/mol. The molecule has 0 bridgehead atoms. The van der Waals surface area contributed by atoms with E-state index >= 15 is 0 Å². The van der Waals surface area contributed by atoms with E-state index in [1.807, 2.05) is 0 Å². The largest absolute Gasteiger partial charge is 0.411 e. The number of amides is 3. The van der Waals surface area contributed by atoms with Gasteiger partial charge in [0.1, 0.15) is 0 Å². The molecule has 0 saturated heterocycles. The molecule has 0 unspecified atom stereocenters. The second kappa shape index (κ2) is 8.79. The van der Waals surface area contributed by atoms with Crippen molar-refractivity contribution in [3.05, 3.63) is 24.5 Å². The van der Waals surface area contributed by atoms with Crippen molar-refractivity contribution in [1.82, 2.24) is 25.8 Å². The van der Waals surface area contributed by atoms with Crippen molar-refractivity contribution in [2.75, 3.05) is 5.75 Å². The van der Waals surface area contributed by atoms with Gasteiger partial charge >= 0.3 is 6.03 Å². The zero-order valence-electron chi connectivity index (χ0n) is 14.5. The number of thioether (sulfide) groups is 1. The summed E-state index contributed by atoms with van der Waals surface area (Å²) in [7, 11) is 0. The van der Waals surface area contributed by atoms with Crippen molar-refractivity contribution in [3.63, 3.8) is 0 Å². The minimum Gasteiger partial charge on any atom is -0.411 e. The number of urea groups is 1. The van der Waals surface area contributed by atoms with Crippen LogP contribution in [-0.4, -0.2) is 38.9 Å². The summed E-state index contributed by atoms with van der Waals surface area (Å²) in [5.41, 5.74) is 0.706. The summed E-state index contributed by atoms with van der Waals surface area (Å²) in [4.78, 5) is 27.9. The molecule has 0 spiro atoms. The fourth-order valence-electron chi connectivity index (χ4n) is 2.90. The molecule has 1 saturated carbocycles. The molecule has 138 valence electrons. The lowest BCUT2D eigenvalue weighted by Gasteiger charge is -2.29. The Labute approximate surface area is 155 Å². The van der Waals surface area contributed by atoms with Gasteiger partial charge in [0.15, 0.2) is 0 Å². The SMILES string of the molecule is C[C@H]1CCCC[C@@H]1NC(=O)NC(=O)CSc1nnc(-c2cccnc2)o1. The number of carbonyl (C=O) groups is 2. The van der Waals surface area contributed by atoms with Crippen LogP contribution >= 0.6 is 11.8 Å². The van der Waals surface area contributed by atoms with Gasteiger partial charge in [-0.05, 0) is 30.9 Å². The minimum absolute atomic E-state index is 0.0162. The molecule has 3 amide bonds. The van der Waals surface area contributed by atoms with Crippen LogP contribution in [0.1, 0.15) is 32.6 Å². The van der Waals surface area contributed by atoms with Crippen molar-refractivity contribution in [2.45, 2.75) is 43.9 Å². The van der Waals surface area contributed by atoms with E-state index in [4.69, 9.17) is 4.42 Å². The average Bonchev–Trinajstić information content (AvgIpc) is 3.12. The van der Waals surface area contributed by atoms with Crippen molar-refractivity contribution in [2.24, 2.45) is 5.92 Å². The third kappa shape index (κ3) is 5.04. The Bertz CT molecular complexity index is 752. The molecule has 0 aromatic carbocycles. The van der Waals surface area contributed by atoms with Gasteiger partial charge in [-0.25, -0.2) is 4.79 Å². The Balaban J connectivity index is 1.44. The van der Waals surface area contributed by atoms with E-state index < -0.39 is 11.9 Å². The van der Waals surface area contributed by atoms with E-state index in [0.717, 1.165) is 31.0 Å². The van der Waals surface area contributed by atoms with Crippen molar-refractivity contribution < 1.29 is 14.0 Å². The van der Waals surface area contributed by atoms with E-state index in [-0.39, 0.29) is 17.0 Å². The van der Waals surface area contributed by atoms with Gasteiger partial charge in [0.2, 0.25) is 11.8 Å². The van der Waals surface area contributed by atoms with Crippen LogP contribution in [0.5, 0.6) is 0 Å². The molecule has 2 atom stereocenters. The molecule has 1 aliphatic carbocycles. The van der Waals surface area contributed by atoms with Gasteiger partial charge < -0.3 is 9.73 Å². The fraction of sp³-hybridized carbons (Fsp3) is 0.471. The monoisotopic (exact) mass is 375 g/mol. The number of carbonyl (C=O) groups excluding carboxylic acids is 2. The first-order valence-electron chi connectivity index (χ1n) is 8.59. The zero-order valence-corrected chi connectivity index (χ0v) is 15.3. The smallest absolute Gasteiger partial charge is 0.321 e. The van der Waals surface area contributed by atoms with Gasteiger partial charge in [0.25, 0.3) is 5.22 Å². The zero-order chi connectivity index (χ0) is 18.4. The van der Waals surface area contributed by atoms with Crippen molar-refractivity contribution in [3.8, 4) is 11.5 Å². The lowest BCUT2D eigenvalue weighted by molar-refractivity contribution is -0.117. The summed E-state index contributed by atoms with van der Waals surface area (Å²) in [5, 5.41) is 13.3. The number of nitrogens with one attached hydrogen (secondary N) is 2. The molecule has 2 heterocycles. The Morgan fingerprint density at radius 1 is 1.31 bits per heavy atom. The minimum atomic E-state index is -0.448.